The molecule has 15 heteroatoms. The number of ether oxygens (including phenoxy) is 1. The molecule has 1 aromatic carbocycles. The summed E-state index contributed by atoms with van der Waals surface area (Å²) in [4.78, 5) is 49.9. The number of pyridine rings is 1. The zero-order valence-electron chi connectivity index (χ0n) is 23.2. The minimum absolute atomic E-state index is 0.214. The van der Waals surface area contributed by atoms with Crippen LogP contribution in [0.1, 0.15) is 43.8 Å². The van der Waals surface area contributed by atoms with Crippen LogP contribution < -0.4 is 27.3 Å². The summed E-state index contributed by atoms with van der Waals surface area (Å²) in [6.45, 7) is 4.79. The van der Waals surface area contributed by atoms with Crippen molar-refractivity contribution in [2.24, 2.45) is 11.5 Å². The van der Waals surface area contributed by atoms with Gasteiger partial charge in [-0.3, -0.25) is 28.9 Å². The zero-order chi connectivity index (χ0) is 30.1. The van der Waals surface area contributed by atoms with Crippen molar-refractivity contribution in [1.29, 1.82) is 0 Å². The van der Waals surface area contributed by atoms with E-state index < -0.39 is 17.7 Å². The highest BCUT2D eigenvalue weighted by Gasteiger charge is 2.21. The van der Waals surface area contributed by atoms with Crippen LogP contribution in [0, 0.1) is 6.92 Å². The summed E-state index contributed by atoms with van der Waals surface area (Å²) in [7, 11) is 1.47. The highest BCUT2D eigenvalue weighted by Crippen LogP contribution is 2.31. The molecular formula is C27H29N11O4. The number of rotatable bonds is 10. The second-order valence-corrected chi connectivity index (χ2v) is 9.38. The number of nitrogens with two attached hydrogens (primary N) is 3. The summed E-state index contributed by atoms with van der Waals surface area (Å²) in [5, 5.41) is 7.21. The lowest BCUT2D eigenvalue weighted by Crippen LogP contribution is -2.20. The maximum Gasteiger partial charge on any atom is 0.276 e. The number of nitrogens with zero attached hydrogens (tertiary/aromatic N) is 7. The van der Waals surface area contributed by atoms with Crippen molar-refractivity contribution in [1.82, 2.24) is 33.9 Å². The second-order valence-electron chi connectivity index (χ2n) is 9.38. The number of hydrogen-bond acceptors (Lipinski definition) is 9. The molecule has 4 heterocycles. The minimum Gasteiger partial charge on any atom is -0.494 e. The van der Waals surface area contributed by atoms with Crippen molar-refractivity contribution in [3.05, 3.63) is 65.1 Å². The molecule has 0 fully saturated rings. The van der Waals surface area contributed by atoms with E-state index >= 15 is 0 Å². The number of aromatic nitrogens is 7. The number of carbonyl (C=O) groups excluding carboxylic acids is 3. The van der Waals surface area contributed by atoms with Gasteiger partial charge in [0.15, 0.2) is 5.65 Å². The van der Waals surface area contributed by atoms with Gasteiger partial charge in [-0.05, 0) is 38.1 Å². The smallest absolute Gasteiger partial charge is 0.276 e. The first-order chi connectivity index (χ1) is 20.1. The third kappa shape index (κ3) is 5.10. The van der Waals surface area contributed by atoms with Gasteiger partial charge in [-0.2, -0.15) is 5.10 Å². The van der Waals surface area contributed by atoms with Crippen LogP contribution in [0.5, 0.6) is 5.75 Å². The van der Waals surface area contributed by atoms with Gasteiger partial charge in [0.25, 0.3) is 5.91 Å². The van der Waals surface area contributed by atoms with Crippen molar-refractivity contribution in [3.8, 4) is 5.75 Å². The molecule has 5 rings (SSSR count). The second kappa shape index (κ2) is 11.0. The van der Waals surface area contributed by atoms with E-state index in [1.165, 1.54) is 25.4 Å². The Bertz CT molecular complexity index is 1900. The summed E-state index contributed by atoms with van der Waals surface area (Å²) in [6.07, 6.45) is 5.07. The molecule has 0 atom stereocenters. The highest BCUT2D eigenvalue weighted by atomic mass is 16.5. The van der Waals surface area contributed by atoms with E-state index in [1.54, 1.807) is 25.9 Å². The van der Waals surface area contributed by atoms with E-state index in [9.17, 15) is 14.4 Å². The minimum atomic E-state index is -0.640. The first-order valence-electron chi connectivity index (χ1n) is 12.9. The van der Waals surface area contributed by atoms with Crippen molar-refractivity contribution >= 4 is 51.8 Å². The van der Waals surface area contributed by atoms with E-state index in [4.69, 9.17) is 21.9 Å². The number of amides is 3. The molecule has 0 spiro atoms. The Morgan fingerprint density at radius 1 is 0.976 bits per heavy atom. The average Bonchev–Trinajstić information content (AvgIpc) is 3.61. The first kappa shape index (κ1) is 27.8. The molecule has 216 valence electrons. The van der Waals surface area contributed by atoms with E-state index in [0.717, 1.165) is 0 Å². The topological polar surface area (TPSA) is 217 Å². The molecule has 5 aromatic rings. The van der Waals surface area contributed by atoms with Crippen LogP contribution in [-0.2, 0) is 19.6 Å². The number of primary amides is 2. The average molecular weight is 572 g/mol. The molecule has 0 bridgehead atoms. The summed E-state index contributed by atoms with van der Waals surface area (Å²) in [5.41, 5.74) is 20.4. The van der Waals surface area contributed by atoms with Crippen LogP contribution in [0.25, 0.3) is 22.2 Å². The number of anilines is 2. The summed E-state index contributed by atoms with van der Waals surface area (Å²) >= 11 is 0. The number of nitrogens with one attached hydrogen (secondary N) is 1. The lowest BCUT2D eigenvalue weighted by atomic mass is 10.1. The van der Waals surface area contributed by atoms with Gasteiger partial charge < -0.3 is 26.5 Å². The number of aryl methyl sites for hydroxylation is 2. The molecule has 7 N–H and O–H groups in total. The van der Waals surface area contributed by atoms with Crippen molar-refractivity contribution in [3.63, 3.8) is 0 Å². The number of fused-ring (bicyclic) bond motifs is 2. The predicted octanol–water partition coefficient (Wildman–Crippen LogP) is 1.60. The van der Waals surface area contributed by atoms with Gasteiger partial charge in [0.05, 0.1) is 23.9 Å². The van der Waals surface area contributed by atoms with E-state index in [-0.39, 0.29) is 29.6 Å². The Labute approximate surface area is 239 Å². The number of methoxy groups -OCH3 is 1. The fourth-order valence-electron chi connectivity index (χ4n) is 4.64. The van der Waals surface area contributed by atoms with Crippen molar-refractivity contribution in [2.75, 3.05) is 18.2 Å². The Morgan fingerprint density at radius 2 is 1.67 bits per heavy atom. The van der Waals surface area contributed by atoms with Gasteiger partial charge in [0.2, 0.25) is 23.7 Å². The number of benzene rings is 1. The number of imidazole rings is 2. The lowest BCUT2D eigenvalue weighted by Gasteiger charge is -2.11. The third-order valence-electron chi connectivity index (χ3n) is 6.61. The van der Waals surface area contributed by atoms with Gasteiger partial charge in [0.1, 0.15) is 22.5 Å². The van der Waals surface area contributed by atoms with Gasteiger partial charge >= 0.3 is 0 Å². The number of nitrogen functional groups attached to an aromatic ring is 1. The van der Waals surface area contributed by atoms with Gasteiger partial charge in [-0.25, -0.2) is 15.0 Å². The third-order valence-corrected chi connectivity index (χ3v) is 6.61. The maximum absolute atomic E-state index is 13.3. The molecule has 3 amide bonds. The number of allylic oxidation sites excluding steroid dienone is 2. The molecule has 0 aliphatic heterocycles. The summed E-state index contributed by atoms with van der Waals surface area (Å²) in [5.74, 6) is -0.843. The van der Waals surface area contributed by atoms with Crippen LogP contribution in [0.3, 0.4) is 0 Å². The van der Waals surface area contributed by atoms with Crippen LogP contribution in [0.4, 0.5) is 11.9 Å². The maximum atomic E-state index is 13.3. The van der Waals surface area contributed by atoms with Crippen LogP contribution >= 0.6 is 0 Å². The zero-order valence-corrected chi connectivity index (χ0v) is 23.2. The highest BCUT2D eigenvalue weighted by molar-refractivity contribution is 6.04. The number of hydrogen-bond donors (Lipinski definition) is 4. The van der Waals surface area contributed by atoms with Gasteiger partial charge in [-0.15, -0.1) is 0 Å². The van der Waals surface area contributed by atoms with Gasteiger partial charge in [-0.1, -0.05) is 12.2 Å². The molecule has 15 nitrogen and oxygen atoms in total. The standard InChI is InChI=1S/C27H29N11O4/c1-4-38-19(9-14(2)35-38)25(41)34-27-33-17-10-15(22(28)39)12-20(42-3)21(17)36(27)7-5-6-8-37-24-18(32-26(37)30)11-16(13-31-24)23(29)40/h5-6,9-13H,4,7-8H2,1-3H3,(H2,28,39)(H2,29,40)(H2,30,32)(H,33,34,41)/b6-5+. The van der Waals surface area contributed by atoms with Crippen LogP contribution in [0.2, 0.25) is 0 Å². The van der Waals surface area contributed by atoms with E-state index in [0.29, 0.717) is 52.4 Å². The van der Waals surface area contributed by atoms with Crippen LogP contribution in [0.15, 0.2) is 42.6 Å². The summed E-state index contributed by atoms with van der Waals surface area (Å²) < 4.78 is 10.6. The van der Waals surface area contributed by atoms with Gasteiger partial charge in [0, 0.05) is 31.4 Å². The fraction of sp³-hybridized carbons (Fsp3) is 0.222. The molecule has 0 saturated heterocycles. The molecule has 0 unspecified atom stereocenters. The molecule has 4 aromatic heterocycles. The Kier molecular flexibility index (Phi) is 7.31. The number of carbonyl (C=O) groups is 3. The molecule has 0 saturated carbocycles. The Balaban J connectivity index is 1.49. The molecule has 42 heavy (non-hydrogen) atoms. The monoisotopic (exact) mass is 571 g/mol. The van der Waals surface area contributed by atoms with E-state index in [2.05, 4.69) is 25.4 Å². The summed E-state index contributed by atoms with van der Waals surface area (Å²) in [6, 6.07) is 6.29. The molecular weight excluding hydrogens is 542 g/mol. The SMILES string of the molecule is CCn1nc(C)cc1C(=O)Nc1nc2cc(C(N)=O)cc(OC)c2n1C/C=C/Cn1c(N)nc2cc(C(N)=O)cnc21. The normalized spacial score (nSPS) is 11.5. The van der Waals surface area contributed by atoms with Crippen molar-refractivity contribution in [2.45, 2.75) is 33.5 Å². The molecule has 0 aliphatic carbocycles. The predicted molar refractivity (Wildman–Crippen MR) is 155 cm³/mol. The quantitative estimate of drug-likeness (QED) is 0.179. The Morgan fingerprint density at radius 3 is 2.33 bits per heavy atom. The van der Waals surface area contributed by atoms with E-state index in [1.807, 2.05) is 26.0 Å². The van der Waals surface area contributed by atoms with Crippen molar-refractivity contribution < 1.29 is 19.1 Å². The largest absolute Gasteiger partial charge is 0.494 e. The molecule has 0 aliphatic rings. The fourth-order valence-corrected chi connectivity index (χ4v) is 4.64. The Hall–Kier alpha value is -5.73. The first-order valence-corrected chi connectivity index (χ1v) is 12.9. The lowest BCUT2D eigenvalue weighted by molar-refractivity contribution is 0.0991. The molecule has 0 radical (unpaired) electrons. The van der Waals surface area contributed by atoms with Crippen LogP contribution in [-0.4, -0.2) is 58.7 Å².